The fraction of sp³-hybridized carbons (Fsp3) is 0.852. The highest BCUT2D eigenvalue weighted by molar-refractivity contribution is 7.95. The van der Waals surface area contributed by atoms with E-state index in [0.717, 1.165) is 38.0 Å². The van der Waals surface area contributed by atoms with Gasteiger partial charge >= 0.3 is 5.69 Å². The quantitative estimate of drug-likeness (QED) is 0.168. The summed E-state index contributed by atoms with van der Waals surface area (Å²) in [5.41, 5.74) is -0.348. The van der Waals surface area contributed by atoms with Gasteiger partial charge in [-0.2, -0.15) is 0 Å². The number of ether oxygens (including phenoxy) is 1. The lowest BCUT2D eigenvalue weighted by Gasteiger charge is -2.44. The Bertz CT molecular complexity index is 1210. The molecule has 0 aliphatic carbocycles. The van der Waals surface area contributed by atoms with Crippen LogP contribution < -0.4 is 11.2 Å². The smallest absolute Gasteiger partial charge is 0.330 e. The van der Waals surface area contributed by atoms with Gasteiger partial charge in [0.25, 0.3) is 14.1 Å². The van der Waals surface area contributed by atoms with Gasteiger partial charge < -0.3 is 22.5 Å². The predicted molar refractivity (Wildman–Crippen MR) is 179 cm³/mol. The van der Waals surface area contributed by atoms with Crippen LogP contribution in [0.1, 0.15) is 86.4 Å². The van der Waals surface area contributed by atoms with E-state index in [2.05, 4.69) is 62.8 Å². The molecule has 3 fully saturated rings. The first-order valence-electron chi connectivity index (χ1n) is 15.9. The van der Waals surface area contributed by atoms with Crippen molar-refractivity contribution in [2.75, 3.05) is 25.3 Å². The number of H-pyrrole nitrogens is 1. The molecule has 1 N–H and O–H groups in total. The molecule has 11 nitrogen and oxygen atoms in total. The van der Waals surface area contributed by atoms with Gasteiger partial charge in [-0.15, -0.1) is 0 Å². The average Bonchev–Trinajstić information content (AvgIpc) is 3.29. The second kappa shape index (κ2) is 16.2. The fourth-order valence-corrected chi connectivity index (χ4v) is 9.55. The standard InChI is InChI=1S/C19H33BN3O6PS.C8H17ClNOP/c1-12-9-22(18(25)21-17(12)24)16-8-14(15(27-16)10-26-31-11-20)29-30-23(19(3,4)5)7-6-13(2)28-30;1-7-5-6-10(8(2,3)4)12(9)11-7/h9,13-16H,6-8,10-11,20H2,1-5H3,(H,21,24,25);7H,5-6H2,1-4H3/t13-,14?,15?,16?,30?;7-,12?/m11/s1/i20TD;. The average molecular weight is 686 g/mol. The van der Waals surface area contributed by atoms with Crippen LogP contribution >= 0.6 is 39.5 Å². The summed E-state index contributed by atoms with van der Waals surface area (Å²) >= 11 is 7.17. The molecule has 7 atom stereocenters. The fourth-order valence-electron chi connectivity index (χ4n) is 4.73. The van der Waals surface area contributed by atoms with Crippen molar-refractivity contribution in [3.05, 3.63) is 32.6 Å². The SMILES string of the molecule is C[C@@H]1CCN(C(C)(C)C)P(Cl)O1.[2H]B([3H])CSOCC1OC(n2cc(C)c(=O)[nH]c2=O)CC1OP1O[C@H](C)CCN1C(C)(C)C. The van der Waals surface area contributed by atoms with Crippen molar-refractivity contribution < 1.29 is 22.5 Å². The molecule has 3 aliphatic heterocycles. The van der Waals surface area contributed by atoms with Crippen molar-refractivity contribution in [1.29, 1.82) is 2.67 Å². The van der Waals surface area contributed by atoms with Gasteiger partial charge in [0.2, 0.25) is 7.65 Å². The molecule has 0 aromatic carbocycles. The summed E-state index contributed by atoms with van der Waals surface area (Å²) in [5.74, 6) is 0. The van der Waals surface area contributed by atoms with E-state index in [1.807, 2.05) is 6.92 Å². The van der Waals surface area contributed by atoms with Gasteiger partial charge in [-0.3, -0.25) is 14.3 Å². The third kappa shape index (κ3) is 10.7. The zero-order valence-corrected chi connectivity index (χ0v) is 30.2. The van der Waals surface area contributed by atoms with Gasteiger partial charge in [0, 0.05) is 42.3 Å². The van der Waals surface area contributed by atoms with Crippen molar-refractivity contribution in [3.8, 4) is 0 Å². The lowest BCUT2D eigenvalue weighted by Crippen LogP contribution is -2.44. The topological polar surface area (TPSA) is 107 Å². The van der Waals surface area contributed by atoms with Gasteiger partial charge in [0.15, 0.2) is 0 Å². The Morgan fingerprint density at radius 1 is 1.16 bits per heavy atom. The highest BCUT2D eigenvalue weighted by atomic mass is 35.7. The van der Waals surface area contributed by atoms with Crippen LogP contribution in [-0.4, -0.2) is 90.2 Å². The zero-order valence-electron chi connectivity index (χ0n) is 28.9. The van der Waals surface area contributed by atoms with E-state index in [0.29, 0.717) is 18.1 Å². The zero-order chi connectivity index (χ0) is 33.7. The maximum absolute atomic E-state index is 12.4. The molecule has 1 aromatic rings. The summed E-state index contributed by atoms with van der Waals surface area (Å²) < 4.78 is 50.5. The van der Waals surface area contributed by atoms with Gasteiger partial charge in [0.1, 0.15) is 20.1 Å². The Morgan fingerprint density at radius 3 is 2.40 bits per heavy atom. The number of nitrogens with zero attached hydrogens (tertiary/aromatic N) is 3. The lowest BCUT2D eigenvalue weighted by molar-refractivity contribution is -0.0386. The van der Waals surface area contributed by atoms with Crippen molar-refractivity contribution >= 4 is 47.2 Å². The lowest BCUT2D eigenvalue weighted by atomic mass is 10.1. The number of aryl methyl sites for hydroxylation is 1. The monoisotopic (exact) mass is 685 g/mol. The molecule has 0 amide bonds. The largest absolute Gasteiger partial charge is 0.349 e. The number of aromatic amines is 1. The van der Waals surface area contributed by atoms with Crippen LogP contribution in [0.5, 0.6) is 0 Å². The number of hydrogen-bond donors (Lipinski definition) is 1. The molecule has 4 rings (SSSR count). The Labute approximate surface area is 272 Å². The van der Waals surface area contributed by atoms with Gasteiger partial charge in [-0.05, 0) is 107 Å². The molecule has 0 spiro atoms. The molecule has 43 heavy (non-hydrogen) atoms. The first kappa shape index (κ1) is 34.3. The highest BCUT2D eigenvalue weighted by Gasteiger charge is 2.44. The molecule has 3 saturated heterocycles. The molecule has 246 valence electrons. The minimum Gasteiger partial charge on any atom is -0.349 e. The minimum absolute atomic E-state index is 0.0774. The van der Waals surface area contributed by atoms with Crippen LogP contribution in [0, 0.1) is 6.92 Å². The molecule has 16 heteroatoms. The minimum atomic E-state index is -1.35. The first-order chi connectivity index (χ1) is 20.9. The normalized spacial score (nSPS) is 31.6. The van der Waals surface area contributed by atoms with Gasteiger partial charge in [0.05, 0.1) is 24.9 Å². The summed E-state index contributed by atoms with van der Waals surface area (Å²) in [6.07, 6.45) is 2.77. The third-order valence-electron chi connectivity index (χ3n) is 7.21. The number of rotatable bonds is 8. The van der Waals surface area contributed by atoms with E-state index in [9.17, 15) is 9.59 Å². The molecule has 4 heterocycles. The van der Waals surface area contributed by atoms with Crippen LogP contribution in [0.3, 0.4) is 0 Å². The number of nitrogens with one attached hydrogen (secondary N) is 1. The molecule has 0 bridgehead atoms. The molecule has 5 unspecified atom stereocenters. The maximum Gasteiger partial charge on any atom is 0.330 e. The van der Waals surface area contributed by atoms with Crippen LogP contribution in [0.25, 0.3) is 0 Å². The Kier molecular flexibility index (Phi) is 12.9. The van der Waals surface area contributed by atoms with Crippen LogP contribution in [0.15, 0.2) is 15.8 Å². The summed E-state index contributed by atoms with van der Waals surface area (Å²) in [6, 6.07) is 0. The Balaban J connectivity index is 0.000000385. The Morgan fingerprint density at radius 2 is 1.79 bits per heavy atom. The van der Waals surface area contributed by atoms with Crippen molar-refractivity contribution in [2.24, 2.45) is 0 Å². The summed E-state index contributed by atoms with van der Waals surface area (Å²) in [5, 5.41) is 0. The van der Waals surface area contributed by atoms with Crippen LogP contribution in [-0.2, 0) is 22.5 Å². The van der Waals surface area contributed by atoms with Crippen molar-refractivity contribution in [1.82, 2.24) is 18.9 Å². The Hall–Kier alpha value is -0.0351. The van der Waals surface area contributed by atoms with E-state index in [4.69, 9.17) is 36.4 Å². The van der Waals surface area contributed by atoms with E-state index in [1.54, 1.807) is 6.92 Å². The van der Waals surface area contributed by atoms with Gasteiger partial charge in [-0.25, -0.2) is 14.1 Å². The predicted octanol–water partition coefficient (Wildman–Crippen LogP) is 5.27. The van der Waals surface area contributed by atoms with Crippen LogP contribution in [0.2, 0.25) is 0 Å². The van der Waals surface area contributed by atoms with E-state index in [-0.39, 0.29) is 29.4 Å². The first-order valence-corrected chi connectivity index (χ1v) is 18.9. The second-order valence-corrected chi connectivity index (χ2v) is 17.2. The van der Waals surface area contributed by atoms with Crippen molar-refractivity contribution in [3.63, 3.8) is 0 Å². The third-order valence-corrected chi connectivity index (χ3v) is 12.3. The summed E-state index contributed by atoms with van der Waals surface area (Å²) in [7, 11) is -3.21. The van der Waals surface area contributed by atoms with E-state index in [1.165, 1.54) is 10.8 Å². The number of halogens is 1. The van der Waals surface area contributed by atoms with E-state index < -0.39 is 53.6 Å². The molecular formula is C27H50BClN4O7P2S. The van der Waals surface area contributed by atoms with E-state index >= 15 is 0 Å². The van der Waals surface area contributed by atoms with Crippen LogP contribution in [0.4, 0.5) is 0 Å². The second-order valence-electron chi connectivity index (χ2n) is 13.0. The molecule has 0 saturated carbocycles. The van der Waals surface area contributed by atoms with Gasteiger partial charge in [-0.1, -0.05) is 0 Å². The maximum atomic E-state index is 12.4. The highest BCUT2D eigenvalue weighted by Crippen LogP contribution is 2.55. The van der Waals surface area contributed by atoms with Crippen molar-refractivity contribution in [2.45, 2.75) is 123 Å². The number of hydrogen-bond acceptors (Lipinski definition) is 10. The molecule has 0 radical (unpaired) electrons. The molecule has 1 aromatic heterocycles. The molecular weight excluding hydrogens is 633 g/mol. The number of aromatic nitrogens is 2. The molecule has 3 aliphatic rings. The summed E-state index contributed by atoms with van der Waals surface area (Å²) in [4.78, 5) is 26.5. The summed E-state index contributed by atoms with van der Waals surface area (Å²) in [6.45, 7) is 20.7.